The molecule has 0 amide bonds. The molecule has 0 aromatic heterocycles. The minimum Gasteiger partial charge on any atom is -0.383 e. The van der Waals surface area contributed by atoms with Gasteiger partial charge < -0.3 is 10.1 Å². The fraction of sp³-hybridized carbons (Fsp3) is 1.00. The summed E-state index contributed by atoms with van der Waals surface area (Å²) < 4.78 is 5.32. The second-order valence-electron chi connectivity index (χ2n) is 8.03. The van der Waals surface area contributed by atoms with Crippen molar-refractivity contribution in [3.63, 3.8) is 0 Å². The van der Waals surface area contributed by atoms with Crippen LogP contribution in [0.25, 0.3) is 0 Å². The van der Waals surface area contributed by atoms with Crippen molar-refractivity contribution in [3.05, 3.63) is 0 Å². The molecule has 0 spiro atoms. The lowest BCUT2D eigenvalue weighted by molar-refractivity contribution is 0.0752. The standard InChI is InChI=1S/C18H38N2O/c1-7-16(2)20(12-13-21-6)15-18(10-8-9-11-18)14-19-17(3,4)5/h16,19H,7-15H2,1-6H3. The predicted molar refractivity (Wildman–Crippen MR) is 91.9 cm³/mol. The Morgan fingerprint density at radius 3 is 2.33 bits per heavy atom. The molecule has 126 valence electrons. The van der Waals surface area contributed by atoms with E-state index in [-0.39, 0.29) is 5.54 Å². The SMILES string of the molecule is CCC(C)N(CCOC)CC1(CNC(C)(C)C)CCCC1. The molecule has 21 heavy (non-hydrogen) atoms. The summed E-state index contributed by atoms with van der Waals surface area (Å²) in [5.41, 5.74) is 0.674. The molecule has 3 nitrogen and oxygen atoms in total. The average Bonchev–Trinajstić information content (AvgIpc) is 2.89. The first-order chi connectivity index (χ1) is 9.82. The Bertz CT molecular complexity index is 279. The van der Waals surface area contributed by atoms with Crippen molar-refractivity contribution >= 4 is 0 Å². The van der Waals surface area contributed by atoms with Crippen molar-refractivity contribution in [3.8, 4) is 0 Å². The molecule has 1 fully saturated rings. The highest BCUT2D eigenvalue weighted by Gasteiger charge is 2.36. The highest BCUT2D eigenvalue weighted by atomic mass is 16.5. The van der Waals surface area contributed by atoms with Crippen molar-refractivity contribution in [2.24, 2.45) is 5.41 Å². The van der Waals surface area contributed by atoms with E-state index >= 15 is 0 Å². The van der Waals surface area contributed by atoms with Crippen LogP contribution in [-0.4, -0.2) is 49.8 Å². The maximum absolute atomic E-state index is 5.32. The Kier molecular flexibility index (Phi) is 7.66. The van der Waals surface area contributed by atoms with Crippen LogP contribution >= 0.6 is 0 Å². The molecule has 1 aliphatic rings. The minimum atomic E-state index is 0.212. The summed E-state index contributed by atoms with van der Waals surface area (Å²) in [6, 6.07) is 0.646. The van der Waals surface area contributed by atoms with E-state index in [9.17, 15) is 0 Å². The maximum Gasteiger partial charge on any atom is 0.0589 e. The van der Waals surface area contributed by atoms with Crippen molar-refractivity contribution in [1.82, 2.24) is 10.2 Å². The lowest BCUT2D eigenvalue weighted by Gasteiger charge is -2.40. The van der Waals surface area contributed by atoms with E-state index in [1.54, 1.807) is 7.11 Å². The van der Waals surface area contributed by atoms with Crippen LogP contribution in [0.1, 0.15) is 66.7 Å². The van der Waals surface area contributed by atoms with Gasteiger partial charge in [-0.05, 0) is 52.4 Å². The molecule has 1 unspecified atom stereocenters. The zero-order chi connectivity index (χ0) is 15.9. The normalized spacial score (nSPS) is 20.1. The van der Waals surface area contributed by atoms with E-state index < -0.39 is 0 Å². The van der Waals surface area contributed by atoms with Crippen LogP contribution in [0.3, 0.4) is 0 Å². The molecule has 1 atom stereocenters. The van der Waals surface area contributed by atoms with Gasteiger partial charge in [0.05, 0.1) is 6.61 Å². The van der Waals surface area contributed by atoms with Gasteiger partial charge in [-0.3, -0.25) is 4.90 Å². The third kappa shape index (κ3) is 6.66. The number of hydrogen-bond donors (Lipinski definition) is 1. The monoisotopic (exact) mass is 298 g/mol. The molecule has 1 rings (SSSR count). The van der Waals surface area contributed by atoms with Gasteiger partial charge in [0.2, 0.25) is 0 Å². The molecule has 0 aromatic carbocycles. The number of methoxy groups -OCH3 is 1. The Labute approximate surface area is 132 Å². The molecule has 0 heterocycles. The fourth-order valence-corrected chi connectivity index (χ4v) is 3.32. The third-order valence-electron chi connectivity index (χ3n) is 4.99. The van der Waals surface area contributed by atoms with E-state index in [2.05, 4.69) is 44.8 Å². The van der Waals surface area contributed by atoms with E-state index in [1.807, 2.05) is 0 Å². The van der Waals surface area contributed by atoms with E-state index in [0.717, 1.165) is 19.7 Å². The molecule has 1 saturated carbocycles. The first kappa shape index (κ1) is 18.9. The van der Waals surface area contributed by atoms with E-state index in [1.165, 1.54) is 38.6 Å². The summed E-state index contributed by atoms with van der Waals surface area (Å²) in [6.07, 6.45) is 6.74. The quantitative estimate of drug-likeness (QED) is 0.703. The lowest BCUT2D eigenvalue weighted by Crippen LogP contribution is -2.50. The maximum atomic E-state index is 5.32. The summed E-state index contributed by atoms with van der Waals surface area (Å²) in [6.45, 7) is 15.7. The molecular weight excluding hydrogens is 260 g/mol. The summed E-state index contributed by atoms with van der Waals surface area (Å²) in [5, 5.41) is 3.77. The zero-order valence-electron chi connectivity index (χ0n) is 15.3. The summed E-state index contributed by atoms with van der Waals surface area (Å²) in [4.78, 5) is 2.65. The van der Waals surface area contributed by atoms with Gasteiger partial charge in [-0.15, -0.1) is 0 Å². The van der Waals surface area contributed by atoms with Crippen molar-refractivity contribution in [2.75, 3.05) is 33.4 Å². The van der Waals surface area contributed by atoms with Gasteiger partial charge >= 0.3 is 0 Å². The Balaban J connectivity index is 2.68. The highest BCUT2D eigenvalue weighted by Crippen LogP contribution is 2.39. The summed E-state index contributed by atoms with van der Waals surface area (Å²) >= 11 is 0. The molecule has 1 N–H and O–H groups in total. The number of nitrogens with zero attached hydrogens (tertiary/aromatic N) is 1. The molecule has 3 heteroatoms. The van der Waals surface area contributed by atoms with Crippen molar-refractivity contribution in [2.45, 2.75) is 78.3 Å². The average molecular weight is 299 g/mol. The minimum absolute atomic E-state index is 0.212. The third-order valence-corrected chi connectivity index (χ3v) is 4.99. The first-order valence-corrected chi connectivity index (χ1v) is 8.80. The van der Waals surface area contributed by atoms with Gasteiger partial charge in [-0.1, -0.05) is 19.8 Å². The van der Waals surface area contributed by atoms with E-state index in [4.69, 9.17) is 4.74 Å². The van der Waals surface area contributed by atoms with Gasteiger partial charge in [-0.2, -0.15) is 0 Å². The van der Waals surface area contributed by atoms with Crippen LogP contribution in [-0.2, 0) is 4.74 Å². The largest absolute Gasteiger partial charge is 0.383 e. The predicted octanol–water partition coefficient (Wildman–Crippen LogP) is 3.68. The molecule has 0 aliphatic heterocycles. The topological polar surface area (TPSA) is 24.5 Å². The van der Waals surface area contributed by atoms with Crippen molar-refractivity contribution in [1.29, 1.82) is 0 Å². The fourth-order valence-electron chi connectivity index (χ4n) is 3.32. The second-order valence-corrected chi connectivity index (χ2v) is 8.03. The zero-order valence-corrected chi connectivity index (χ0v) is 15.3. The van der Waals surface area contributed by atoms with E-state index in [0.29, 0.717) is 11.5 Å². The number of nitrogens with one attached hydrogen (secondary N) is 1. The Morgan fingerprint density at radius 2 is 1.86 bits per heavy atom. The first-order valence-electron chi connectivity index (χ1n) is 8.80. The van der Waals surface area contributed by atoms with Crippen molar-refractivity contribution < 1.29 is 4.74 Å². The van der Waals surface area contributed by atoms with Gasteiger partial charge in [0.1, 0.15) is 0 Å². The molecule has 0 bridgehead atoms. The number of rotatable bonds is 9. The molecule has 0 saturated heterocycles. The van der Waals surface area contributed by atoms with Crippen LogP contribution in [0.15, 0.2) is 0 Å². The smallest absolute Gasteiger partial charge is 0.0589 e. The second kappa shape index (κ2) is 8.50. The molecule has 0 radical (unpaired) electrons. The Hall–Kier alpha value is -0.120. The van der Waals surface area contributed by atoms with Gasteiger partial charge in [0, 0.05) is 38.3 Å². The van der Waals surface area contributed by atoms with Crippen LogP contribution in [0.2, 0.25) is 0 Å². The lowest BCUT2D eigenvalue weighted by atomic mass is 9.84. The Morgan fingerprint density at radius 1 is 1.24 bits per heavy atom. The highest BCUT2D eigenvalue weighted by molar-refractivity contribution is 4.92. The van der Waals surface area contributed by atoms with Gasteiger partial charge in [-0.25, -0.2) is 0 Å². The number of ether oxygens (including phenoxy) is 1. The van der Waals surface area contributed by atoms with Crippen LogP contribution in [0.4, 0.5) is 0 Å². The molecule has 1 aliphatic carbocycles. The van der Waals surface area contributed by atoms with Gasteiger partial charge in [0.25, 0.3) is 0 Å². The van der Waals surface area contributed by atoms with Gasteiger partial charge in [0.15, 0.2) is 0 Å². The van der Waals surface area contributed by atoms with Crippen LogP contribution < -0.4 is 5.32 Å². The summed E-state index contributed by atoms with van der Waals surface area (Å²) in [7, 11) is 1.81. The molecular formula is C18H38N2O. The number of hydrogen-bond acceptors (Lipinski definition) is 3. The van der Waals surface area contributed by atoms with Crippen LogP contribution in [0.5, 0.6) is 0 Å². The van der Waals surface area contributed by atoms with Crippen LogP contribution in [0, 0.1) is 5.41 Å². The molecule has 0 aromatic rings. The summed E-state index contributed by atoms with van der Waals surface area (Å²) in [5.74, 6) is 0.